The monoisotopic (exact) mass is 322 g/mol. The number of halogens is 1. The van der Waals surface area contributed by atoms with Crippen LogP contribution in [0.1, 0.15) is 5.82 Å². The molecule has 3 rings (SSSR count). The second-order valence-electron chi connectivity index (χ2n) is 3.99. The van der Waals surface area contributed by atoms with Crippen LogP contribution < -0.4 is 5.32 Å². The Balaban J connectivity index is 1.78. The van der Waals surface area contributed by atoms with Gasteiger partial charge in [0.05, 0.1) is 17.4 Å². The SMILES string of the molecule is Cn1c(Br)cnc1CNc1ccc2sncc2c1. The normalized spacial score (nSPS) is 11.0. The zero-order chi connectivity index (χ0) is 12.5. The van der Waals surface area contributed by atoms with Gasteiger partial charge in [0.2, 0.25) is 0 Å². The number of nitrogens with one attached hydrogen (secondary N) is 1. The van der Waals surface area contributed by atoms with Crippen LogP contribution in [0.25, 0.3) is 10.1 Å². The second kappa shape index (κ2) is 4.70. The molecule has 1 aromatic carbocycles. The number of hydrogen-bond donors (Lipinski definition) is 1. The third-order valence-corrected chi connectivity index (χ3v) is 4.35. The van der Waals surface area contributed by atoms with E-state index in [2.05, 4.69) is 48.8 Å². The maximum absolute atomic E-state index is 4.33. The van der Waals surface area contributed by atoms with Crippen LogP contribution in [-0.2, 0) is 13.6 Å². The van der Waals surface area contributed by atoms with E-state index in [4.69, 9.17) is 0 Å². The van der Waals surface area contributed by atoms with E-state index in [9.17, 15) is 0 Å². The lowest BCUT2D eigenvalue weighted by atomic mass is 10.2. The minimum Gasteiger partial charge on any atom is -0.378 e. The van der Waals surface area contributed by atoms with Crippen molar-refractivity contribution in [2.75, 3.05) is 5.32 Å². The predicted octanol–water partition coefficient (Wildman–Crippen LogP) is 3.40. The predicted molar refractivity (Wildman–Crippen MR) is 77.9 cm³/mol. The Bertz CT molecular complexity index is 688. The third-order valence-electron chi connectivity index (χ3n) is 2.83. The van der Waals surface area contributed by atoms with Gasteiger partial charge in [-0.05, 0) is 45.7 Å². The molecule has 0 aliphatic rings. The first-order valence-electron chi connectivity index (χ1n) is 5.48. The fraction of sp³-hybridized carbons (Fsp3) is 0.167. The Kier molecular flexibility index (Phi) is 3.05. The number of aromatic nitrogens is 3. The van der Waals surface area contributed by atoms with Crippen molar-refractivity contribution in [3.05, 3.63) is 41.0 Å². The molecule has 3 aromatic rings. The molecule has 0 fully saturated rings. The minimum absolute atomic E-state index is 0.700. The van der Waals surface area contributed by atoms with Crippen LogP contribution in [0.3, 0.4) is 0 Å². The zero-order valence-corrected chi connectivity index (χ0v) is 12.1. The molecule has 2 aromatic heterocycles. The molecule has 0 unspecified atom stereocenters. The molecule has 0 radical (unpaired) electrons. The van der Waals surface area contributed by atoms with Crippen molar-refractivity contribution in [3.63, 3.8) is 0 Å². The average Bonchev–Trinajstić information content (AvgIpc) is 2.96. The molecule has 2 heterocycles. The number of nitrogens with zero attached hydrogens (tertiary/aromatic N) is 3. The lowest BCUT2D eigenvalue weighted by Crippen LogP contribution is -2.05. The molecule has 0 aliphatic carbocycles. The van der Waals surface area contributed by atoms with Crippen LogP contribution >= 0.6 is 27.5 Å². The van der Waals surface area contributed by atoms with Crippen molar-refractivity contribution in [1.29, 1.82) is 0 Å². The first kappa shape index (κ1) is 11.7. The number of fused-ring (bicyclic) bond motifs is 1. The van der Waals surface area contributed by atoms with Gasteiger partial charge in [0.15, 0.2) is 0 Å². The van der Waals surface area contributed by atoms with Crippen LogP contribution in [0.4, 0.5) is 5.69 Å². The maximum atomic E-state index is 4.33. The number of hydrogen-bond acceptors (Lipinski definition) is 4. The molecule has 0 saturated carbocycles. The highest BCUT2D eigenvalue weighted by molar-refractivity contribution is 9.10. The summed E-state index contributed by atoms with van der Waals surface area (Å²) in [4.78, 5) is 4.33. The molecule has 1 N–H and O–H groups in total. The van der Waals surface area contributed by atoms with Crippen molar-refractivity contribution in [2.45, 2.75) is 6.54 Å². The smallest absolute Gasteiger partial charge is 0.128 e. The first-order chi connectivity index (χ1) is 8.74. The summed E-state index contributed by atoms with van der Waals surface area (Å²) < 4.78 is 8.37. The molecule has 0 amide bonds. The highest BCUT2D eigenvalue weighted by Gasteiger charge is 2.04. The van der Waals surface area contributed by atoms with Gasteiger partial charge in [-0.15, -0.1) is 0 Å². The Morgan fingerprint density at radius 1 is 1.39 bits per heavy atom. The molecule has 0 aliphatic heterocycles. The molecule has 0 bridgehead atoms. The molecule has 6 heteroatoms. The van der Waals surface area contributed by atoms with Crippen molar-refractivity contribution >= 4 is 43.2 Å². The molecule has 0 spiro atoms. The van der Waals surface area contributed by atoms with E-state index in [-0.39, 0.29) is 0 Å². The lowest BCUT2D eigenvalue weighted by Gasteiger charge is -2.06. The first-order valence-corrected chi connectivity index (χ1v) is 7.05. The van der Waals surface area contributed by atoms with Gasteiger partial charge in [0.25, 0.3) is 0 Å². The quantitative estimate of drug-likeness (QED) is 0.803. The van der Waals surface area contributed by atoms with E-state index in [1.807, 2.05) is 24.0 Å². The lowest BCUT2D eigenvalue weighted by molar-refractivity contribution is 0.799. The highest BCUT2D eigenvalue weighted by Crippen LogP contribution is 2.22. The van der Waals surface area contributed by atoms with Crippen LogP contribution in [0.15, 0.2) is 35.2 Å². The van der Waals surface area contributed by atoms with Gasteiger partial charge in [-0.3, -0.25) is 0 Å². The molecule has 18 heavy (non-hydrogen) atoms. The topological polar surface area (TPSA) is 42.7 Å². The molecular formula is C12H11BrN4S. The summed E-state index contributed by atoms with van der Waals surface area (Å²) in [7, 11) is 1.99. The number of benzene rings is 1. The van der Waals surface area contributed by atoms with Crippen molar-refractivity contribution in [3.8, 4) is 0 Å². The number of rotatable bonds is 3. The van der Waals surface area contributed by atoms with Gasteiger partial charge < -0.3 is 9.88 Å². The molecule has 0 saturated heterocycles. The van der Waals surface area contributed by atoms with E-state index >= 15 is 0 Å². The van der Waals surface area contributed by atoms with Crippen molar-refractivity contribution in [2.24, 2.45) is 7.05 Å². The fourth-order valence-electron chi connectivity index (χ4n) is 1.75. The standard InChI is InChI=1S/C12H11BrN4S/c1-17-11(13)6-15-12(17)7-14-9-2-3-10-8(4-9)5-16-18-10/h2-6,14H,7H2,1H3. The zero-order valence-electron chi connectivity index (χ0n) is 9.72. The number of anilines is 1. The van der Waals surface area contributed by atoms with Gasteiger partial charge in [0, 0.05) is 24.3 Å². The Hall–Kier alpha value is -1.40. The van der Waals surface area contributed by atoms with Crippen LogP contribution in [0.2, 0.25) is 0 Å². The summed E-state index contributed by atoms with van der Waals surface area (Å²) in [6.45, 7) is 0.700. The Morgan fingerprint density at radius 2 is 2.28 bits per heavy atom. The van der Waals surface area contributed by atoms with Gasteiger partial charge in [-0.2, -0.15) is 4.37 Å². The summed E-state index contributed by atoms with van der Waals surface area (Å²) >= 11 is 4.95. The van der Waals surface area contributed by atoms with E-state index in [1.165, 1.54) is 21.6 Å². The van der Waals surface area contributed by atoms with E-state index in [1.54, 1.807) is 0 Å². The largest absolute Gasteiger partial charge is 0.378 e. The average molecular weight is 323 g/mol. The molecular weight excluding hydrogens is 312 g/mol. The second-order valence-corrected chi connectivity index (χ2v) is 5.63. The summed E-state index contributed by atoms with van der Waals surface area (Å²) in [5.41, 5.74) is 1.09. The van der Waals surface area contributed by atoms with Crippen molar-refractivity contribution in [1.82, 2.24) is 13.9 Å². The summed E-state index contributed by atoms with van der Waals surface area (Å²) in [5.74, 6) is 0.991. The van der Waals surface area contributed by atoms with E-state index in [0.29, 0.717) is 6.54 Å². The fourth-order valence-corrected chi connectivity index (χ4v) is 2.68. The molecule has 4 nitrogen and oxygen atoms in total. The van der Waals surface area contributed by atoms with Gasteiger partial charge in [-0.25, -0.2) is 4.98 Å². The molecule has 92 valence electrons. The summed E-state index contributed by atoms with van der Waals surface area (Å²) in [6.07, 6.45) is 3.70. The third kappa shape index (κ3) is 2.13. The van der Waals surface area contributed by atoms with Gasteiger partial charge >= 0.3 is 0 Å². The maximum Gasteiger partial charge on any atom is 0.128 e. The number of imidazole rings is 1. The molecule has 0 atom stereocenters. The van der Waals surface area contributed by atoms with E-state index in [0.717, 1.165) is 16.1 Å². The minimum atomic E-state index is 0.700. The highest BCUT2D eigenvalue weighted by atomic mass is 79.9. The van der Waals surface area contributed by atoms with Crippen LogP contribution in [0.5, 0.6) is 0 Å². The van der Waals surface area contributed by atoms with Crippen LogP contribution in [0, 0.1) is 0 Å². The summed E-state index contributed by atoms with van der Waals surface area (Å²) in [5, 5.41) is 4.54. The van der Waals surface area contributed by atoms with Gasteiger partial charge in [-0.1, -0.05) is 0 Å². The Labute approximate surface area is 117 Å². The van der Waals surface area contributed by atoms with Gasteiger partial charge in [0.1, 0.15) is 10.4 Å². The Morgan fingerprint density at radius 3 is 3.06 bits per heavy atom. The van der Waals surface area contributed by atoms with E-state index < -0.39 is 0 Å². The summed E-state index contributed by atoms with van der Waals surface area (Å²) in [6, 6.07) is 6.26. The van der Waals surface area contributed by atoms with Crippen LogP contribution in [-0.4, -0.2) is 13.9 Å². The van der Waals surface area contributed by atoms with Crippen molar-refractivity contribution < 1.29 is 0 Å².